The highest BCUT2D eigenvalue weighted by Crippen LogP contribution is 2.25. The number of urea groups is 1. The normalized spacial score (nSPS) is 11.4. The average molecular weight is 614 g/mol. The Labute approximate surface area is 241 Å². The number of hydrogen-bond acceptors (Lipinski definition) is 7. The second kappa shape index (κ2) is 11.2. The SMILES string of the molecule is Cc1cc(CNc2ccc3c(=O)n(-c4ccc(NC(=O)NS(=O)(=O)c5ccc(Cl)s5)cc4)c(=O)[nH]c3c2)ccc1F. The topological polar surface area (TPSA) is 142 Å². The van der Waals surface area contributed by atoms with Crippen molar-refractivity contribution in [2.75, 3.05) is 10.6 Å². The first kappa shape index (κ1) is 28.1. The van der Waals surface area contributed by atoms with Crippen molar-refractivity contribution in [3.05, 3.63) is 115 Å². The number of aromatic amines is 1. The summed E-state index contributed by atoms with van der Waals surface area (Å²) in [6.45, 7) is 2.10. The van der Waals surface area contributed by atoms with Crippen LogP contribution in [0.1, 0.15) is 11.1 Å². The lowest BCUT2D eigenvalue weighted by molar-refractivity contribution is 0.256. The van der Waals surface area contributed by atoms with E-state index in [0.29, 0.717) is 23.3 Å². The van der Waals surface area contributed by atoms with Gasteiger partial charge in [0, 0.05) is 17.9 Å². The number of sulfonamides is 1. The predicted octanol–water partition coefficient (Wildman–Crippen LogP) is 4.96. The number of aromatic nitrogens is 2. The molecule has 0 aliphatic heterocycles. The number of hydrogen-bond donors (Lipinski definition) is 4. The monoisotopic (exact) mass is 613 g/mol. The van der Waals surface area contributed by atoms with Crippen LogP contribution in [0.5, 0.6) is 0 Å². The summed E-state index contributed by atoms with van der Waals surface area (Å²) in [6.07, 6.45) is 0. The molecule has 5 rings (SSSR count). The molecule has 2 heterocycles. The van der Waals surface area contributed by atoms with Crippen molar-refractivity contribution in [3.63, 3.8) is 0 Å². The maximum absolute atomic E-state index is 13.5. The molecule has 0 atom stereocenters. The van der Waals surface area contributed by atoms with Crippen LogP contribution >= 0.6 is 22.9 Å². The van der Waals surface area contributed by atoms with E-state index < -0.39 is 27.3 Å². The number of H-pyrrole nitrogens is 1. The molecule has 0 aliphatic carbocycles. The van der Waals surface area contributed by atoms with Crippen LogP contribution in [0.15, 0.2) is 86.6 Å². The Bertz CT molecular complexity index is 2020. The van der Waals surface area contributed by atoms with E-state index in [0.717, 1.165) is 21.5 Å². The van der Waals surface area contributed by atoms with Gasteiger partial charge in [-0.3, -0.25) is 4.79 Å². The van der Waals surface area contributed by atoms with Crippen LogP contribution in [-0.2, 0) is 16.6 Å². The highest BCUT2D eigenvalue weighted by molar-refractivity contribution is 7.92. The Hall–Kier alpha value is -4.46. The third kappa shape index (κ3) is 6.16. The summed E-state index contributed by atoms with van der Waals surface area (Å²) in [5.74, 6) is -0.281. The molecular weight excluding hydrogens is 593 g/mol. The third-order valence-electron chi connectivity index (χ3n) is 6.04. The van der Waals surface area contributed by atoms with Gasteiger partial charge in [-0.2, -0.15) is 0 Å². The maximum Gasteiger partial charge on any atom is 0.333 e. The zero-order chi connectivity index (χ0) is 29.3. The highest BCUT2D eigenvalue weighted by atomic mass is 35.5. The molecule has 0 bridgehead atoms. The van der Waals surface area contributed by atoms with Gasteiger partial charge < -0.3 is 15.6 Å². The van der Waals surface area contributed by atoms with Gasteiger partial charge in [-0.1, -0.05) is 23.7 Å². The fraction of sp³-hybridized carbons (Fsp3) is 0.0741. The average Bonchev–Trinajstić information content (AvgIpc) is 3.37. The lowest BCUT2D eigenvalue weighted by Crippen LogP contribution is -2.34. The smallest absolute Gasteiger partial charge is 0.333 e. The summed E-state index contributed by atoms with van der Waals surface area (Å²) in [4.78, 5) is 41.0. The van der Waals surface area contributed by atoms with Gasteiger partial charge in [0.1, 0.15) is 10.0 Å². The van der Waals surface area contributed by atoms with Gasteiger partial charge >= 0.3 is 11.7 Å². The first-order valence-corrected chi connectivity index (χ1v) is 14.7. The van der Waals surface area contributed by atoms with Crippen molar-refractivity contribution in [1.29, 1.82) is 0 Å². The fourth-order valence-electron chi connectivity index (χ4n) is 4.05. The number of benzene rings is 3. The van der Waals surface area contributed by atoms with Gasteiger partial charge in [-0.15, -0.1) is 11.3 Å². The quantitative estimate of drug-likeness (QED) is 0.204. The van der Waals surface area contributed by atoms with Gasteiger partial charge in [0.2, 0.25) is 0 Å². The Morgan fingerprint density at radius 1 is 1.00 bits per heavy atom. The Kier molecular flexibility index (Phi) is 7.67. The van der Waals surface area contributed by atoms with Crippen LogP contribution in [-0.4, -0.2) is 24.0 Å². The number of nitrogens with one attached hydrogen (secondary N) is 4. The number of nitrogens with zero attached hydrogens (tertiary/aromatic N) is 1. The largest absolute Gasteiger partial charge is 0.381 e. The third-order valence-corrected chi connectivity index (χ3v) is 9.09. The first-order valence-electron chi connectivity index (χ1n) is 12.0. The summed E-state index contributed by atoms with van der Waals surface area (Å²) in [6, 6.07) is 17.1. The number of amides is 2. The van der Waals surface area contributed by atoms with Crippen LogP contribution < -0.4 is 26.6 Å². The molecule has 210 valence electrons. The van der Waals surface area contributed by atoms with E-state index in [-0.39, 0.29) is 31.1 Å². The molecule has 5 aromatic rings. The minimum absolute atomic E-state index is 0.117. The fourth-order valence-corrected chi connectivity index (χ4v) is 6.44. The van der Waals surface area contributed by atoms with Gasteiger partial charge in [0.15, 0.2) is 0 Å². The van der Waals surface area contributed by atoms with Gasteiger partial charge in [-0.05, 0) is 78.7 Å². The molecule has 4 N–H and O–H groups in total. The molecule has 0 unspecified atom stereocenters. The number of carbonyl (C=O) groups excluding carboxylic acids is 1. The van der Waals surface area contributed by atoms with Crippen LogP contribution in [0.25, 0.3) is 16.6 Å². The number of fused-ring (bicyclic) bond motifs is 1. The van der Waals surface area contributed by atoms with Crippen LogP contribution in [0.3, 0.4) is 0 Å². The summed E-state index contributed by atoms with van der Waals surface area (Å²) >= 11 is 6.57. The van der Waals surface area contributed by atoms with Crippen molar-refractivity contribution in [2.45, 2.75) is 17.7 Å². The van der Waals surface area contributed by atoms with E-state index in [2.05, 4.69) is 15.6 Å². The Morgan fingerprint density at radius 3 is 2.41 bits per heavy atom. The Morgan fingerprint density at radius 2 is 1.73 bits per heavy atom. The molecule has 10 nitrogen and oxygen atoms in total. The van der Waals surface area contributed by atoms with E-state index in [1.807, 2.05) is 4.72 Å². The summed E-state index contributed by atoms with van der Waals surface area (Å²) < 4.78 is 41.1. The molecule has 0 saturated carbocycles. The summed E-state index contributed by atoms with van der Waals surface area (Å²) in [5.41, 5.74) is 1.63. The van der Waals surface area contributed by atoms with E-state index in [4.69, 9.17) is 11.6 Å². The van der Waals surface area contributed by atoms with Crippen molar-refractivity contribution < 1.29 is 17.6 Å². The van der Waals surface area contributed by atoms with E-state index in [1.165, 1.54) is 42.5 Å². The lowest BCUT2D eigenvalue weighted by atomic mass is 10.1. The number of aryl methyl sites for hydroxylation is 1. The molecule has 0 aliphatic rings. The molecule has 41 heavy (non-hydrogen) atoms. The van der Waals surface area contributed by atoms with E-state index >= 15 is 0 Å². The molecule has 14 heteroatoms. The minimum atomic E-state index is -4.10. The molecule has 3 aromatic carbocycles. The number of thiophene rings is 1. The first-order chi connectivity index (χ1) is 19.5. The summed E-state index contributed by atoms with van der Waals surface area (Å²) in [7, 11) is -4.10. The van der Waals surface area contributed by atoms with Crippen molar-refractivity contribution >= 4 is 61.3 Å². The zero-order valence-corrected chi connectivity index (χ0v) is 23.6. The number of rotatable bonds is 7. The summed E-state index contributed by atoms with van der Waals surface area (Å²) in [5, 5.41) is 5.86. The molecule has 0 spiro atoms. The molecule has 0 radical (unpaired) electrons. The van der Waals surface area contributed by atoms with Crippen molar-refractivity contribution in [1.82, 2.24) is 14.3 Å². The zero-order valence-electron chi connectivity index (χ0n) is 21.2. The molecule has 2 amide bonds. The van der Waals surface area contributed by atoms with Gasteiger partial charge in [-0.25, -0.2) is 31.7 Å². The van der Waals surface area contributed by atoms with Gasteiger partial charge in [0.25, 0.3) is 15.6 Å². The second-order valence-electron chi connectivity index (χ2n) is 8.93. The van der Waals surface area contributed by atoms with E-state index in [9.17, 15) is 27.2 Å². The molecule has 0 fully saturated rings. The highest BCUT2D eigenvalue weighted by Gasteiger charge is 2.20. The second-order valence-corrected chi connectivity index (χ2v) is 12.6. The Balaban J connectivity index is 1.31. The standard InChI is InChI=1S/C27H21ClFN5O5S2/c1-15-12-16(2-9-21(15)29)14-30-18-5-8-20-22(13-18)32-27(37)34(25(20)35)19-6-3-17(4-7-19)31-26(36)33-41(38,39)24-11-10-23(28)40-24/h2-13,30H,14H2,1H3,(H,32,37)(H2,31,33,36). The van der Waals surface area contributed by atoms with Crippen molar-refractivity contribution in [2.24, 2.45) is 0 Å². The maximum atomic E-state index is 13.5. The van der Waals surface area contributed by atoms with Crippen LogP contribution in [0.2, 0.25) is 4.34 Å². The van der Waals surface area contributed by atoms with Crippen LogP contribution in [0, 0.1) is 12.7 Å². The number of halogens is 2. The minimum Gasteiger partial charge on any atom is -0.381 e. The lowest BCUT2D eigenvalue weighted by Gasteiger charge is -2.11. The number of carbonyl (C=O) groups is 1. The predicted molar refractivity (Wildman–Crippen MR) is 157 cm³/mol. The van der Waals surface area contributed by atoms with Crippen LogP contribution in [0.4, 0.5) is 20.6 Å². The van der Waals surface area contributed by atoms with E-state index in [1.54, 1.807) is 37.3 Å². The molecule has 0 saturated heterocycles. The molecular formula is C27H21ClFN5O5S2. The van der Waals surface area contributed by atoms with Crippen molar-refractivity contribution in [3.8, 4) is 5.69 Å². The number of anilines is 2. The molecule has 2 aromatic heterocycles. The van der Waals surface area contributed by atoms with Gasteiger partial charge in [0.05, 0.1) is 20.9 Å².